The number of amides is 3. The van der Waals surface area contributed by atoms with Gasteiger partial charge in [0.2, 0.25) is 11.8 Å². The molecule has 4 heterocycles. The van der Waals surface area contributed by atoms with E-state index in [1.54, 1.807) is 7.11 Å². The van der Waals surface area contributed by atoms with Crippen LogP contribution in [-0.4, -0.2) is 88.1 Å². The Morgan fingerprint density at radius 1 is 1.02 bits per heavy atom. The van der Waals surface area contributed by atoms with Crippen molar-refractivity contribution < 1.29 is 33.4 Å². The fourth-order valence-corrected chi connectivity index (χ4v) is 8.94. The zero-order chi connectivity index (χ0) is 38.7. The van der Waals surface area contributed by atoms with Crippen molar-refractivity contribution in [1.29, 1.82) is 0 Å². The smallest absolute Gasteiger partial charge is 0.408 e. The lowest BCUT2D eigenvalue weighted by molar-refractivity contribution is -0.141. The Kier molecular flexibility index (Phi) is 11.6. The molecule has 3 N–H and O–H groups in total. The molecule has 3 fully saturated rings. The quantitative estimate of drug-likeness (QED) is 0.203. The number of hydrogen-bond acceptors (Lipinski definition) is 11. The summed E-state index contributed by atoms with van der Waals surface area (Å²) in [5.41, 5.74) is 0.918. The second-order valence-corrected chi connectivity index (χ2v) is 16.5. The number of ketones is 1. The molecule has 2 aliphatic carbocycles. The minimum Gasteiger partial charge on any atom is -0.497 e. The van der Waals surface area contributed by atoms with E-state index in [1.807, 2.05) is 35.7 Å². The fourth-order valence-electron chi connectivity index (χ4n) is 8.09. The van der Waals surface area contributed by atoms with Crippen LogP contribution in [0.4, 0.5) is 9.93 Å². The number of carbonyl (C=O) groups is 4. The highest BCUT2D eigenvalue weighted by Crippen LogP contribution is 2.46. The maximum Gasteiger partial charge on any atom is 0.408 e. The van der Waals surface area contributed by atoms with Crippen LogP contribution in [-0.2, 0) is 19.1 Å². The number of nitrogens with zero attached hydrogens (tertiary/aromatic N) is 3. The summed E-state index contributed by atoms with van der Waals surface area (Å²) < 4.78 is 18.0. The molecule has 13 nitrogen and oxygen atoms in total. The van der Waals surface area contributed by atoms with Crippen LogP contribution < -0.4 is 25.4 Å². The highest BCUT2D eigenvalue weighted by molar-refractivity contribution is 7.14. The number of pyridine rings is 1. The van der Waals surface area contributed by atoms with Crippen molar-refractivity contribution >= 4 is 51.1 Å². The van der Waals surface area contributed by atoms with Crippen molar-refractivity contribution in [1.82, 2.24) is 25.5 Å². The number of aromatic nitrogens is 2. The summed E-state index contributed by atoms with van der Waals surface area (Å²) in [5, 5.41) is 12.7. The average molecular weight is 773 g/mol. The van der Waals surface area contributed by atoms with E-state index >= 15 is 0 Å². The number of anilines is 1. The van der Waals surface area contributed by atoms with E-state index < -0.39 is 35.7 Å². The van der Waals surface area contributed by atoms with Crippen LogP contribution in [0.5, 0.6) is 11.5 Å². The van der Waals surface area contributed by atoms with Gasteiger partial charge in [-0.05, 0) is 84.3 Å². The van der Waals surface area contributed by atoms with Crippen LogP contribution in [0.15, 0.2) is 41.8 Å². The lowest BCUT2D eigenvalue weighted by atomic mass is 10.0. The van der Waals surface area contributed by atoms with Gasteiger partial charge in [-0.1, -0.05) is 25.0 Å². The van der Waals surface area contributed by atoms with Crippen molar-refractivity contribution in [2.75, 3.05) is 19.0 Å². The molecule has 55 heavy (non-hydrogen) atoms. The summed E-state index contributed by atoms with van der Waals surface area (Å²) >= 11 is 1.49. The highest BCUT2D eigenvalue weighted by Gasteiger charge is 2.59. The van der Waals surface area contributed by atoms with Crippen molar-refractivity contribution in [3.8, 4) is 22.9 Å². The number of rotatable bonds is 9. The number of ether oxygens (including phenoxy) is 3. The van der Waals surface area contributed by atoms with Gasteiger partial charge in [0.25, 0.3) is 0 Å². The lowest BCUT2D eigenvalue weighted by Crippen LogP contribution is -2.56. The normalized spacial score (nSPS) is 26.7. The molecule has 1 saturated heterocycles. The van der Waals surface area contributed by atoms with Crippen molar-refractivity contribution in [2.24, 2.45) is 5.92 Å². The van der Waals surface area contributed by atoms with E-state index in [9.17, 15) is 19.2 Å². The first kappa shape index (κ1) is 38.6. The molecule has 2 aromatic heterocycles. The number of benzene rings is 1. The Balaban J connectivity index is 1.20. The molecule has 0 radical (unpaired) electrons. The topological polar surface area (TPSA) is 161 Å². The second-order valence-electron chi connectivity index (χ2n) is 15.6. The molecular weight excluding hydrogens is 721 g/mol. The summed E-state index contributed by atoms with van der Waals surface area (Å²) in [6, 6.07) is 5.78. The molecule has 5 atom stereocenters. The Labute approximate surface area is 326 Å². The van der Waals surface area contributed by atoms with Gasteiger partial charge in [0, 0.05) is 41.3 Å². The fraction of sp³-hybridized carbons (Fsp3) is 0.561. The second kappa shape index (κ2) is 16.6. The van der Waals surface area contributed by atoms with Crippen molar-refractivity contribution in [3.05, 3.63) is 41.8 Å². The maximum absolute atomic E-state index is 14.6. The van der Waals surface area contributed by atoms with Gasteiger partial charge >= 0.3 is 6.09 Å². The van der Waals surface area contributed by atoms with Crippen molar-refractivity contribution in [2.45, 2.75) is 127 Å². The SMILES string of the molecule is COc1ccc2c(O[C@@H]3C[C@H]4C(=O)N[C@@]5(C(C)=O)CC5/C=C\CCCCC[C@H](NC(=O)OC5CCCC5)C(=O)N4C3)cc(-c3csc(NC(C)C)n3)nc2c1. The standard InChI is InChI=1S/C41H52N6O7S/c1-24(2)42-39-44-34(23-55-39)33-20-36(30-17-16-28(52-4)18-32(30)43-33)53-29-19-35-37(49)46-41(25(3)48)21-26(41)12-8-6-5-7-9-15-31(38(50)47(35)22-29)45-40(51)54-27-13-10-11-14-27/h8,12,16-18,20,23-24,26-27,29,31,35H,5-7,9-11,13-15,19,21-22H2,1-4H3,(H,42,44)(H,45,51)(H,46,49)/b12-8-/t26?,29-,31+,35+,41-/m1/s1. The summed E-state index contributed by atoms with van der Waals surface area (Å²) in [4.78, 5) is 66.3. The van der Waals surface area contributed by atoms with Crippen LogP contribution in [0.2, 0.25) is 0 Å². The first-order valence-electron chi connectivity index (χ1n) is 19.7. The van der Waals surface area contributed by atoms with Crippen LogP contribution >= 0.6 is 11.3 Å². The molecule has 1 unspecified atom stereocenters. The first-order chi connectivity index (χ1) is 26.5. The minimum atomic E-state index is -1.00. The Morgan fingerprint density at radius 3 is 2.58 bits per heavy atom. The summed E-state index contributed by atoms with van der Waals surface area (Å²) in [5.74, 6) is 0.164. The Hall–Kier alpha value is -4.72. The molecule has 2 aliphatic heterocycles. The molecule has 0 spiro atoms. The highest BCUT2D eigenvalue weighted by atomic mass is 32.1. The van der Waals surface area contributed by atoms with Crippen molar-refractivity contribution in [3.63, 3.8) is 0 Å². The van der Waals surface area contributed by atoms with Gasteiger partial charge in [0.1, 0.15) is 47.0 Å². The van der Waals surface area contributed by atoms with Crippen LogP contribution in [0.1, 0.15) is 91.4 Å². The predicted molar refractivity (Wildman–Crippen MR) is 210 cm³/mol. The van der Waals surface area contributed by atoms with Crippen LogP contribution in [0.25, 0.3) is 22.3 Å². The van der Waals surface area contributed by atoms with Gasteiger partial charge in [-0.15, -0.1) is 11.3 Å². The van der Waals surface area contributed by atoms with Crippen LogP contribution in [0.3, 0.4) is 0 Å². The van der Waals surface area contributed by atoms with Crippen LogP contribution in [0, 0.1) is 5.92 Å². The number of methoxy groups -OCH3 is 1. The predicted octanol–water partition coefficient (Wildman–Crippen LogP) is 6.56. The number of fused-ring (bicyclic) bond motifs is 3. The maximum atomic E-state index is 14.6. The van der Waals surface area contributed by atoms with E-state index in [1.165, 1.54) is 23.2 Å². The molecule has 1 aromatic carbocycles. The number of hydrogen-bond donors (Lipinski definition) is 3. The third-order valence-electron chi connectivity index (χ3n) is 11.2. The molecule has 3 amide bonds. The van der Waals surface area contributed by atoms with Gasteiger partial charge in [0.05, 0.1) is 24.9 Å². The van der Waals surface area contributed by atoms with E-state index in [4.69, 9.17) is 24.2 Å². The third kappa shape index (κ3) is 8.74. The first-order valence-corrected chi connectivity index (χ1v) is 20.6. The minimum absolute atomic E-state index is 0.0949. The van der Waals surface area contributed by atoms with Gasteiger partial charge in [-0.25, -0.2) is 14.8 Å². The number of nitrogens with one attached hydrogen (secondary N) is 3. The summed E-state index contributed by atoms with van der Waals surface area (Å²) in [6.45, 7) is 5.70. The number of alkyl carbamates (subject to hydrolysis) is 1. The molecular formula is C41H52N6O7S. The molecule has 3 aromatic rings. The molecule has 7 rings (SSSR count). The monoisotopic (exact) mass is 772 g/mol. The molecule has 294 valence electrons. The molecule has 0 bridgehead atoms. The van der Waals surface area contributed by atoms with E-state index in [2.05, 4.69) is 35.9 Å². The molecule has 14 heteroatoms. The summed E-state index contributed by atoms with van der Waals surface area (Å²) in [7, 11) is 1.60. The summed E-state index contributed by atoms with van der Waals surface area (Å²) in [6.07, 6.45) is 10.8. The Morgan fingerprint density at radius 2 is 1.82 bits per heavy atom. The van der Waals surface area contributed by atoms with E-state index in [0.717, 1.165) is 55.5 Å². The zero-order valence-electron chi connectivity index (χ0n) is 32.1. The van der Waals surface area contributed by atoms with E-state index in [-0.39, 0.29) is 42.7 Å². The Bertz CT molecular complexity index is 1940. The molecule has 4 aliphatic rings. The largest absolute Gasteiger partial charge is 0.497 e. The van der Waals surface area contributed by atoms with E-state index in [0.29, 0.717) is 47.7 Å². The van der Waals surface area contributed by atoms with Gasteiger partial charge in [-0.2, -0.15) is 0 Å². The zero-order valence-corrected chi connectivity index (χ0v) is 32.9. The van der Waals surface area contributed by atoms with Gasteiger partial charge < -0.3 is 35.1 Å². The van der Waals surface area contributed by atoms with Gasteiger partial charge in [0.15, 0.2) is 10.9 Å². The number of carbonyl (C=O) groups excluding carboxylic acids is 4. The number of Topliss-reactive ketones (excluding diaryl/α,β-unsaturated/α-hetero) is 1. The lowest BCUT2D eigenvalue weighted by Gasteiger charge is -2.29. The average Bonchev–Trinajstić information content (AvgIpc) is 3.58. The molecule has 2 saturated carbocycles. The van der Waals surface area contributed by atoms with Gasteiger partial charge in [-0.3, -0.25) is 14.4 Å². The number of allylic oxidation sites excluding steroid dienone is 1. The third-order valence-corrected chi connectivity index (χ3v) is 12.0. The number of thiazole rings is 1.